The highest BCUT2D eigenvalue weighted by atomic mass is 79.9. The summed E-state index contributed by atoms with van der Waals surface area (Å²) >= 11 is 8.74. The third-order valence-corrected chi connectivity index (χ3v) is 5.39. The van der Waals surface area contributed by atoms with E-state index in [9.17, 15) is 4.79 Å². The van der Waals surface area contributed by atoms with Crippen molar-refractivity contribution in [3.05, 3.63) is 88.4 Å². The van der Waals surface area contributed by atoms with Crippen molar-refractivity contribution < 1.29 is 14.3 Å². The molecule has 5 nitrogen and oxygen atoms in total. The lowest BCUT2D eigenvalue weighted by Gasteiger charge is -2.14. The Morgan fingerprint density at radius 2 is 1.79 bits per heavy atom. The minimum atomic E-state index is -0.340. The van der Waals surface area contributed by atoms with Crippen LogP contribution in [0.5, 0.6) is 11.5 Å². The first-order chi connectivity index (χ1) is 16.0. The van der Waals surface area contributed by atoms with Gasteiger partial charge in [0.25, 0.3) is 5.91 Å². The molecule has 0 bridgehead atoms. The quantitative estimate of drug-likeness (QED) is 0.237. The van der Waals surface area contributed by atoms with Gasteiger partial charge in [-0.2, -0.15) is 0 Å². The molecule has 172 valence electrons. The Morgan fingerprint density at radius 3 is 2.58 bits per heavy atom. The molecule has 0 aliphatic rings. The molecule has 7 heteroatoms. The molecular weight excluding hydrogens is 500 g/mol. The van der Waals surface area contributed by atoms with E-state index in [1.165, 1.54) is 5.56 Å². The minimum absolute atomic E-state index is 0.197. The van der Waals surface area contributed by atoms with E-state index in [1.54, 1.807) is 12.1 Å². The maximum absolute atomic E-state index is 12.8. The molecule has 0 heterocycles. The van der Waals surface area contributed by atoms with Crippen LogP contribution in [0.1, 0.15) is 35.7 Å². The highest BCUT2D eigenvalue weighted by Gasteiger charge is 2.15. The Labute approximate surface area is 208 Å². The van der Waals surface area contributed by atoms with Crippen LogP contribution in [0.15, 0.2) is 77.3 Å². The fourth-order valence-electron chi connectivity index (χ4n) is 3.12. The smallest absolute Gasteiger partial charge is 0.261 e. The van der Waals surface area contributed by atoms with E-state index in [-0.39, 0.29) is 11.0 Å². The summed E-state index contributed by atoms with van der Waals surface area (Å²) in [6.07, 6.45) is 2.74. The number of hydrogen-bond acceptors (Lipinski definition) is 4. The number of benzene rings is 3. The number of ether oxygens (including phenoxy) is 2. The molecule has 33 heavy (non-hydrogen) atoms. The van der Waals surface area contributed by atoms with E-state index in [4.69, 9.17) is 21.7 Å². The van der Waals surface area contributed by atoms with E-state index in [0.29, 0.717) is 24.5 Å². The van der Waals surface area contributed by atoms with Gasteiger partial charge in [0.2, 0.25) is 0 Å². The second-order valence-corrected chi connectivity index (χ2v) is 8.69. The number of nitrogens with one attached hydrogen (secondary N) is 2. The van der Waals surface area contributed by atoms with E-state index < -0.39 is 0 Å². The summed E-state index contributed by atoms with van der Waals surface area (Å²) in [6.45, 7) is 3.16. The van der Waals surface area contributed by atoms with Gasteiger partial charge in [-0.3, -0.25) is 10.1 Å². The average Bonchev–Trinajstić information content (AvgIpc) is 2.82. The van der Waals surface area contributed by atoms with Gasteiger partial charge in [0.05, 0.1) is 18.8 Å². The molecule has 0 spiro atoms. The van der Waals surface area contributed by atoms with Crippen LogP contribution in [0.3, 0.4) is 0 Å². The van der Waals surface area contributed by atoms with Crippen molar-refractivity contribution in [2.75, 3.05) is 18.5 Å². The third kappa shape index (κ3) is 8.18. The van der Waals surface area contributed by atoms with Crippen LogP contribution < -0.4 is 20.1 Å². The van der Waals surface area contributed by atoms with Crippen molar-refractivity contribution >= 4 is 44.9 Å². The normalized spacial score (nSPS) is 10.4. The van der Waals surface area contributed by atoms with E-state index >= 15 is 0 Å². The number of aryl methyl sites for hydroxylation is 1. The lowest BCUT2D eigenvalue weighted by atomic mass is 10.1. The van der Waals surface area contributed by atoms with Crippen molar-refractivity contribution in [1.82, 2.24) is 5.32 Å². The van der Waals surface area contributed by atoms with Gasteiger partial charge in [0.1, 0.15) is 11.5 Å². The molecule has 0 unspecified atom stereocenters. The molecule has 0 radical (unpaired) electrons. The summed E-state index contributed by atoms with van der Waals surface area (Å²) in [7, 11) is 0. The summed E-state index contributed by atoms with van der Waals surface area (Å²) < 4.78 is 12.4. The van der Waals surface area contributed by atoms with Gasteiger partial charge in [-0.25, -0.2) is 0 Å². The third-order valence-electron chi connectivity index (χ3n) is 4.69. The molecule has 0 aliphatic carbocycles. The summed E-state index contributed by atoms with van der Waals surface area (Å²) in [6, 6.07) is 23.2. The number of halogens is 1. The Kier molecular flexibility index (Phi) is 9.72. The standard InChI is InChI=1S/C26H27BrN2O3S/c1-2-15-32-24-14-13-20(27)17-23(24)25(30)29-26(33)28-21-11-6-12-22(18-21)31-16-7-10-19-8-4-3-5-9-19/h3-6,8-9,11-14,17-18H,2,7,10,15-16H2,1H3,(H2,28,29,30,33). The number of hydrogen-bond donors (Lipinski definition) is 2. The second kappa shape index (κ2) is 13.0. The second-order valence-electron chi connectivity index (χ2n) is 7.36. The number of amides is 1. The van der Waals surface area contributed by atoms with Crippen LogP contribution in [0.2, 0.25) is 0 Å². The topological polar surface area (TPSA) is 59.6 Å². The monoisotopic (exact) mass is 526 g/mol. The van der Waals surface area contributed by atoms with Crippen molar-refractivity contribution in [3.63, 3.8) is 0 Å². The summed E-state index contributed by atoms with van der Waals surface area (Å²) in [5.41, 5.74) is 2.45. The zero-order valence-electron chi connectivity index (χ0n) is 18.5. The Bertz CT molecular complexity index is 1080. The van der Waals surface area contributed by atoms with E-state index in [1.807, 2.05) is 55.5 Å². The van der Waals surface area contributed by atoms with Gasteiger partial charge in [-0.15, -0.1) is 0 Å². The zero-order chi connectivity index (χ0) is 23.5. The van der Waals surface area contributed by atoms with Gasteiger partial charge in [-0.05, 0) is 67.4 Å². The predicted octanol–water partition coefficient (Wildman–Crippen LogP) is 6.38. The lowest BCUT2D eigenvalue weighted by molar-refractivity contribution is 0.0973. The van der Waals surface area contributed by atoms with Crippen LogP contribution in [-0.2, 0) is 6.42 Å². The zero-order valence-corrected chi connectivity index (χ0v) is 20.9. The Balaban J connectivity index is 1.52. The van der Waals surface area contributed by atoms with Crippen LogP contribution in [0, 0.1) is 0 Å². The molecular formula is C26H27BrN2O3S. The highest BCUT2D eigenvalue weighted by Crippen LogP contribution is 2.24. The fraction of sp³-hybridized carbons (Fsp3) is 0.231. The van der Waals surface area contributed by atoms with Gasteiger partial charge in [0.15, 0.2) is 5.11 Å². The molecule has 0 atom stereocenters. The maximum atomic E-state index is 12.8. The molecule has 0 fully saturated rings. The molecule has 0 saturated carbocycles. The largest absolute Gasteiger partial charge is 0.494 e. The summed E-state index contributed by atoms with van der Waals surface area (Å²) in [5.74, 6) is 0.920. The molecule has 3 aromatic rings. The van der Waals surface area contributed by atoms with Crippen LogP contribution >= 0.6 is 28.1 Å². The van der Waals surface area contributed by atoms with Crippen LogP contribution in [-0.4, -0.2) is 24.2 Å². The van der Waals surface area contributed by atoms with Gasteiger partial charge < -0.3 is 14.8 Å². The van der Waals surface area contributed by atoms with E-state index in [2.05, 4.69) is 38.7 Å². The first-order valence-electron chi connectivity index (χ1n) is 10.9. The molecule has 3 rings (SSSR count). The minimum Gasteiger partial charge on any atom is -0.494 e. The molecule has 2 N–H and O–H groups in total. The van der Waals surface area contributed by atoms with Gasteiger partial charge in [-0.1, -0.05) is 59.3 Å². The highest BCUT2D eigenvalue weighted by molar-refractivity contribution is 9.10. The molecule has 0 saturated heterocycles. The maximum Gasteiger partial charge on any atom is 0.261 e. The Hall–Kier alpha value is -2.90. The number of anilines is 1. The number of carbonyl (C=O) groups excluding carboxylic acids is 1. The van der Waals surface area contributed by atoms with Gasteiger partial charge >= 0.3 is 0 Å². The lowest BCUT2D eigenvalue weighted by Crippen LogP contribution is -2.34. The SMILES string of the molecule is CCCOc1ccc(Br)cc1C(=O)NC(=S)Nc1cccc(OCCCc2ccccc2)c1. The Morgan fingerprint density at radius 1 is 0.970 bits per heavy atom. The summed E-state index contributed by atoms with van der Waals surface area (Å²) in [4.78, 5) is 12.8. The molecule has 0 aliphatic heterocycles. The van der Waals surface area contributed by atoms with Crippen molar-refractivity contribution in [3.8, 4) is 11.5 Å². The first-order valence-corrected chi connectivity index (χ1v) is 12.1. The molecule has 3 aromatic carbocycles. The van der Waals surface area contributed by atoms with Crippen molar-refractivity contribution in [2.24, 2.45) is 0 Å². The van der Waals surface area contributed by atoms with Crippen LogP contribution in [0.25, 0.3) is 0 Å². The average molecular weight is 527 g/mol. The van der Waals surface area contributed by atoms with Crippen LogP contribution in [0.4, 0.5) is 5.69 Å². The first kappa shape index (κ1) is 24.7. The van der Waals surface area contributed by atoms with E-state index in [0.717, 1.165) is 35.2 Å². The number of thiocarbonyl (C=S) groups is 1. The molecule has 0 aromatic heterocycles. The summed E-state index contributed by atoms with van der Waals surface area (Å²) in [5, 5.41) is 5.96. The number of rotatable bonds is 10. The van der Waals surface area contributed by atoms with Crippen molar-refractivity contribution in [1.29, 1.82) is 0 Å². The van der Waals surface area contributed by atoms with Crippen molar-refractivity contribution in [2.45, 2.75) is 26.2 Å². The van der Waals surface area contributed by atoms with Gasteiger partial charge in [0, 0.05) is 16.2 Å². The fourth-order valence-corrected chi connectivity index (χ4v) is 3.70. The molecule has 1 amide bonds. The number of carbonyl (C=O) groups is 1. The predicted molar refractivity (Wildman–Crippen MR) is 140 cm³/mol.